The van der Waals surface area contributed by atoms with Gasteiger partial charge in [0.2, 0.25) is 0 Å². The lowest BCUT2D eigenvalue weighted by molar-refractivity contribution is 0.600. The molecule has 0 unspecified atom stereocenters. The van der Waals surface area contributed by atoms with Crippen molar-refractivity contribution >= 4 is 32.2 Å². The van der Waals surface area contributed by atoms with Gasteiger partial charge >= 0.3 is 0 Å². The Bertz CT molecular complexity index is 696. The van der Waals surface area contributed by atoms with Gasteiger partial charge in [0.25, 0.3) is 10.0 Å². The number of sulfonamides is 1. The third kappa shape index (κ3) is 2.91. The fourth-order valence-corrected chi connectivity index (χ4v) is 4.02. The predicted octanol–water partition coefficient (Wildman–Crippen LogP) is 2.05. The number of aromatic nitrogens is 2. The largest absolute Gasteiger partial charge is 0.398 e. The predicted molar refractivity (Wildman–Crippen MR) is 80.3 cm³/mol. The van der Waals surface area contributed by atoms with Gasteiger partial charge in [-0.3, -0.25) is 4.72 Å². The van der Waals surface area contributed by atoms with Gasteiger partial charge in [-0.25, -0.2) is 8.42 Å². The zero-order valence-electron chi connectivity index (χ0n) is 11.3. The Morgan fingerprint density at radius 3 is 2.60 bits per heavy atom. The lowest BCUT2D eigenvalue weighted by Gasteiger charge is -2.14. The highest BCUT2D eigenvalue weighted by atomic mass is 32.2. The van der Waals surface area contributed by atoms with Crippen LogP contribution in [0.25, 0.3) is 0 Å². The summed E-state index contributed by atoms with van der Waals surface area (Å²) < 4.78 is 31.1. The third-order valence-electron chi connectivity index (χ3n) is 2.95. The second-order valence-corrected chi connectivity index (χ2v) is 6.69. The van der Waals surface area contributed by atoms with E-state index in [0.717, 1.165) is 23.5 Å². The summed E-state index contributed by atoms with van der Waals surface area (Å²) in [5, 5.41) is 3.99. The topological polar surface area (TPSA) is 98.0 Å². The van der Waals surface area contributed by atoms with Crippen molar-refractivity contribution in [1.82, 2.24) is 9.59 Å². The van der Waals surface area contributed by atoms with E-state index in [2.05, 4.69) is 14.3 Å². The van der Waals surface area contributed by atoms with E-state index in [1.165, 1.54) is 6.20 Å². The first kappa shape index (κ1) is 14.7. The van der Waals surface area contributed by atoms with Gasteiger partial charge in [0.05, 0.1) is 11.1 Å². The molecule has 6 nitrogen and oxygen atoms in total. The zero-order valence-corrected chi connectivity index (χ0v) is 12.9. The Balaban J connectivity index is 2.52. The van der Waals surface area contributed by atoms with Gasteiger partial charge in [-0.1, -0.05) is 18.3 Å². The summed E-state index contributed by atoms with van der Waals surface area (Å²) in [6, 6.07) is 3.50. The highest BCUT2D eigenvalue weighted by molar-refractivity contribution is 7.93. The molecule has 0 aliphatic carbocycles. The second-order valence-electron chi connectivity index (χ2n) is 4.26. The number of hydrogen-bond acceptors (Lipinski definition) is 6. The summed E-state index contributed by atoms with van der Waals surface area (Å²) in [6.07, 6.45) is 2.65. The molecule has 0 aliphatic heterocycles. The lowest BCUT2D eigenvalue weighted by atomic mass is 10.1. The molecule has 0 aliphatic rings. The summed E-state index contributed by atoms with van der Waals surface area (Å²) in [5.74, 6) is 0. The molecule has 8 heteroatoms. The molecule has 3 N–H and O–H groups in total. The minimum absolute atomic E-state index is 0.227. The number of nitrogens with one attached hydrogen (secondary N) is 1. The Labute approximate surface area is 122 Å². The third-order valence-corrected chi connectivity index (χ3v) is 5.09. The van der Waals surface area contributed by atoms with Crippen molar-refractivity contribution in [3.63, 3.8) is 0 Å². The van der Waals surface area contributed by atoms with Crippen LogP contribution in [-0.4, -0.2) is 18.0 Å². The molecular formula is C12H16N4O2S2. The Morgan fingerprint density at radius 2 is 2.05 bits per heavy atom. The SMILES string of the molecule is CCc1cc(N)c(CC)c(S(=O)(=O)Nc2cnns2)c1. The van der Waals surface area contributed by atoms with Gasteiger partial charge in [0.15, 0.2) is 0 Å². The van der Waals surface area contributed by atoms with Crippen LogP contribution < -0.4 is 10.5 Å². The summed E-state index contributed by atoms with van der Waals surface area (Å²) in [7, 11) is -3.68. The standard InChI is InChI=1S/C12H16N4O2S2/c1-3-8-5-10(13)9(4-2)11(6-8)20(17,18)15-12-7-14-16-19-12/h5-7,15H,3-4,13H2,1-2H3. The molecule has 0 amide bonds. The van der Waals surface area contributed by atoms with E-state index in [0.29, 0.717) is 22.7 Å². The van der Waals surface area contributed by atoms with Crippen LogP contribution in [0.5, 0.6) is 0 Å². The van der Waals surface area contributed by atoms with E-state index in [1.807, 2.05) is 19.9 Å². The van der Waals surface area contributed by atoms with Crippen LogP contribution in [0.1, 0.15) is 25.0 Å². The Kier molecular flexibility index (Phi) is 4.24. The molecule has 108 valence electrons. The number of hydrogen-bond donors (Lipinski definition) is 2. The number of nitrogens with two attached hydrogens (primary N) is 1. The molecule has 1 heterocycles. The molecule has 0 fully saturated rings. The highest BCUT2D eigenvalue weighted by Gasteiger charge is 2.21. The molecule has 2 aromatic rings. The lowest BCUT2D eigenvalue weighted by Crippen LogP contribution is -2.16. The fraction of sp³-hybridized carbons (Fsp3) is 0.333. The molecule has 0 saturated heterocycles. The van der Waals surface area contributed by atoms with E-state index in [4.69, 9.17) is 5.73 Å². The Morgan fingerprint density at radius 1 is 1.30 bits per heavy atom. The van der Waals surface area contributed by atoms with E-state index < -0.39 is 10.0 Å². The molecule has 0 spiro atoms. The smallest absolute Gasteiger partial charge is 0.262 e. The molecule has 0 radical (unpaired) electrons. The van der Waals surface area contributed by atoms with Crippen LogP contribution in [0.2, 0.25) is 0 Å². The van der Waals surface area contributed by atoms with Gasteiger partial charge in [0.1, 0.15) is 5.00 Å². The van der Waals surface area contributed by atoms with Gasteiger partial charge in [-0.15, -0.1) is 5.10 Å². The van der Waals surface area contributed by atoms with E-state index in [9.17, 15) is 8.42 Å². The quantitative estimate of drug-likeness (QED) is 0.823. The number of aryl methyl sites for hydroxylation is 1. The first-order chi connectivity index (χ1) is 9.47. The molecule has 0 saturated carbocycles. The van der Waals surface area contributed by atoms with Gasteiger partial charge < -0.3 is 5.73 Å². The number of benzene rings is 1. The van der Waals surface area contributed by atoms with E-state index >= 15 is 0 Å². The average Bonchev–Trinajstić information content (AvgIpc) is 2.89. The minimum atomic E-state index is -3.68. The fourth-order valence-electron chi connectivity index (χ4n) is 1.95. The van der Waals surface area contributed by atoms with E-state index in [-0.39, 0.29) is 4.90 Å². The maximum atomic E-state index is 12.5. The minimum Gasteiger partial charge on any atom is -0.398 e. The van der Waals surface area contributed by atoms with Gasteiger partial charge in [-0.05, 0) is 36.1 Å². The van der Waals surface area contributed by atoms with Crippen molar-refractivity contribution in [3.05, 3.63) is 29.5 Å². The molecule has 0 atom stereocenters. The van der Waals surface area contributed by atoms with Crippen LogP contribution in [0.15, 0.2) is 23.2 Å². The first-order valence-electron chi connectivity index (χ1n) is 6.19. The molecule has 0 bridgehead atoms. The highest BCUT2D eigenvalue weighted by Crippen LogP contribution is 2.27. The molecular weight excluding hydrogens is 296 g/mol. The average molecular weight is 312 g/mol. The number of anilines is 2. The summed E-state index contributed by atoms with van der Waals surface area (Å²) in [4.78, 5) is 0.227. The van der Waals surface area contributed by atoms with Crippen LogP contribution in [0, 0.1) is 0 Å². The molecule has 1 aromatic heterocycles. The number of rotatable bonds is 5. The molecule has 20 heavy (non-hydrogen) atoms. The zero-order chi connectivity index (χ0) is 14.8. The molecule has 2 rings (SSSR count). The van der Waals surface area contributed by atoms with Crippen molar-refractivity contribution < 1.29 is 8.42 Å². The molecule has 1 aromatic carbocycles. The van der Waals surface area contributed by atoms with Gasteiger partial charge in [0, 0.05) is 17.2 Å². The van der Waals surface area contributed by atoms with Crippen LogP contribution in [0.4, 0.5) is 10.7 Å². The van der Waals surface area contributed by atoms with Crippen LogP contribution >= 0.6 is 11.5 Å². The normalized spacial score (nSPS) is 11.5. The van der Waals surface area contributed by atoms with Crippen molar-refractivity contribution in [1.29, 1.82) is 0 Å². The first-order valence-corrected chi connectivity index (χ1v) is 8.45. The van der Waals surface area contributed by atoms with Crippen molar-refractivity contribution in [2.75, 3.05) is 10.5 Å². The van der Waals surface area contributed by atoms with E-state index in [1.54, 1.807) is 6.07 Å². The van der Waals surface area contributed by atoms with Crippen molar-refractivity contribution in [3.8, 4) is 0 Å². The maximum Gasteiger partial charge on any atom is 0.262 e. The number of nitrogens with zero attached hydrogens (tertiary/aromatic N) is 2. The summed E-state index contributed by atoms with van der Waals surface area (Å²) in [5.41, 5.74) is 8.00. The summed E-state index contributed by atoms with van der Waals surface area (Å²) >= 11 is 0.989. The van der Waals surface area contributed by atoms with Crippen LogP contribution in [0.3, 0.4) is 0 Å². The summed E-state index contributed by atoms with van der Waals surface area (Å²) in [6.45, 7) is 3.84. The van der Waals surface area contributed by atoms with Crippen molar-refractivity contribution in [2.45, 2.75) is 31.6 Å². The monoisotopic (exact) mass is 312 g/mol. The van der Waals surface area contributed by atoms with Gasteiger partial charge in [-0.2, -0.15) is 0 Å². The Hall–Kier alpha value is -1.67. The maximum absolute atomic E-state index is 12.5. The van der Waals surface area contributed by atoms with Crippen LogP contribution in [-0.2, 0) is 22.9 Å². The van der Waals surface area contributed by atoms with Crippen molar-refractivity contribution in [2.24, 2.45) is 0 Å². The second kappa shape index (κ2) is 5.76. The number of nitrogen functional groups attached to an aromatic ring is 1.